The number of ether oxygens (including phenoxy) is 2. The third-order valence-corrected chi connectivity index (χ3v) is 10.8. The number of aryl methyl sites for hydroxylation is 2. The van der Waals surface area contributed by atoms with E-state index in [-0.39, 0.29) is 32.2 Å². The van der Waals surface area contributed by atoms with Crippen LogP contribution in [0.3, 0.4) is 0 Å². The second-order valence-electron chi connectivity index (χ2n) is 16.3. The third-order valence-electron chi connectivity index (χ3n) is 10.8. The number of pyridine rings is 2. The Morgan fingerprint density at radius 2 is 1.27 bits per heavy atom. The Kier molecular flexibility index (Phi) is 11.2. The zero-order valence-corrected chi connectivity index (χ0v) is 36.2. The zero-order chi connectivity index (χ0) is 39.8. The molecule has 0 amide bonds. The first kappa shape index (κ1) is 39.7. The van der Waals surface area contributed by atoms with E-state index in [0.717, 1.165) is 68.3 Å². The smallest absolute Gasteiger partial charge is 0.241 e. The Labute approximate surface area is 361 Å². The number of nitrogens with zero attached hydrogens (tertiary/aromatic N) is 2. The van der Waals surface area contributed by atoms with Crippen molar-refractivity contribution in [3.05, 3.63) is 187 Å². The van der Waals surface area contributed by atoms with E-state index < -0.39 is 0 Å². The van der Waals surface area contributed by atoms with Gasteiger partial charge in [-0.3, -0.25) is 0 Å². The van der Waals surface area contributed by atoms with Gasteiger partial charge >= 0.3 is 0 Å². The van der Waals surface area contributed by atoms with Gasteiger partial charge in [0.05, 0.1) is 0 Å². The van der Waals surface area contributed by atoms with Crippen LogP contribution in [-0.2, 0) is 26.5 Å². The van der Waals surface area contributed by atoms with Crippen molar-refractivity contribution < 1.29 is 29.6 Å². The molecule has 10 rings (SSSR count). The first-order valence-corrected chi connectivity index (χ1v) is 19.9. The van der Waals surface area contributed by atoms with Crippen LogP contribution in [0.1, 0.15) is 37.5 Å². The van der Waals surface area contributed by atoms with Crippen LogP contribution >= 0.6 is 0 Å². The summed E-state index contributed by atoms with van der Waals surface area (Å²) >= 11 is 0. The van der Waals surface area contributed by atoms with Gasteiger partial charge in [-0.25, -0.2) is 0 Å². The van der Waals surface area contributed by atoms with Crippen molar-refractivity contribution in [2.24, 2.45) is 5.41 Å². The molecule has 0 aliphatic carbocycles. The fourth-order valence-electron chi connectivity index (χ4n) is 8.11. The van der Waals surface area contributed by atoms with Gasteiger partial charge in [0.25, 0.3) is 0 Å². The topological polar surface area (TPSA) is 44.2 Å². The van der Waals surface area contributed by atoms with Gasteiger partial charge in [-0.05, 0) is 82.1 Å². The summed E-state index contributed by atoms with van der Waals surface area (Å²) in [5.41, 5.74) is 15.9. The maximum Gasteiger partial charge on any atom is 0.241 e. The second kappa shape index (κ2) is 16.7. The minimum Gasteiger partial charge on any atom is -0.503 e. The molecule has 1 radical (unpaired) electrons. The van der Waals surface area contributed by atoms with Crippen LogP contribution in [0.4, 0.5) is 0 Å². The molecule has 0 bridgehead atoms. The molecule has 0 atom stereocenters. The molecule has 0 fully saturated rings. The fraction of sp³-hybridized carbons (Fsp3) is 0.132. The van der Waals surface area contributed by atoms with E-state index in [4.69, 9.17) is 14.5 Å². The van der Waals surface area contributed by atoms with Crippen molar-refractivity contribution in [2.45, 2.75) is 41.0 Å². The van der Waals surface area contributed by atoms with Crippen molar-refractivity contribution in [2.75, 3.05) is 0 Å². The Balaban J connectivity index is 0.000000165. The molecule has 2 aliphatic heterocycles. The normalized spacial score (nSPS) is 12.0. The molecule has 0 N–H and O–H groups in total. The molecule has 0 spiro atoms. The van der Waals surface area contributed by atoms with Crippen molar-refractivity contribution >= 4 is 23.1 Å². The quantitative estimate of drug-likeness (QED) is 0.127. The summed E-state index contributed by atoms with van der Waals surface area (Å²) in [5, 5.41) is 0. The predicted molar refractivity (Wildman–Crippen MR) is 238 cm³/mol. The molecule has 2 aromatic heterocycles. The van der Waals surface area contributed by atoms with E-state index in [0.29, 0.717) is 0 Å². The summed E-state index contributed by atoms with van der Waals surface area (Å²) < 4.78 is 12.7. The average Bonchev–Trinajstić information content (AvgIpc) is 3.24. The van der Waals surface area contributed by atoms with Crippen molar-refractivity contribution in [1.29, 1.82) is 0 Å². The van der Waals surface area contributed by atoms with Crippen molar-refractivity contribution in [1.82, 2.24) is 9.97 Å². The summed E-state index contributed by atoms with van der Waals surface area (Å²) in [6.45, 7) is 11.0. The molecule has 291 valence electrons. The van der Waals surface area contributed by atoms with Gasteiger partial charge in [0, 0.05) is 43.7 Å². The number of aromatic nitrogens is 2. The summed E-state index contributed by atoms with van der Waals surface area (Å²) in [4.78, 5) is 9.36. The van der Waals surface area contributed by atoms with Crippen LogP contribution in [0.25, 0.3) is 44.8 Å². The summed E-state index contributed by atoms with van der Waals surface area (Å²) in [6, 6.07) is 56.8. The van der Waals surface area contributed by atoms with Crippen LogP contribution in [0.2, 0.25) is 0 Å². The number of hydrogen-bond donors (Lipinski definition) is 0. The molecule has 0 saturated carbocycles. The maximum atomic E-state index is 6.51. The van der Waals surface area contributed by atoms with Gasteiger partial charge in [-0.2, -0.15) is 0 Å². The van der Waals surface area contributed by atoms with E-state index in [1.807, 2.05) is 60.9 Å². The molecule has 59 heavy (non-hydrogen) atoms. The standard InChI is InChI=1S/C28H23BNO2.C25H20N.Ir/c1-28(2,3)17-18-14-15-30-22(16-18)19-8-6-10-21-27(19)32-25-13-7-12-24-26(25)29(21)20-9-4-5-11-23(20)31-24;1-18-13-14-22(15-23(18)20-9-5-3-6-10-20)25-16-24(19(2)17-26-25)21-11-7-4-8-12-21;/h4-7,9-16H,17H2,1-3H3;3-13,15-17H,1-2H3;/q2*-1;. The van der Waals surface area contributed by atoms with Gasteiger partial charge in [-0.1, -0.05) is 141 Å². The predicted octanol–water partition coefficient (Wildman–Crippen LogP) is 11.4. The second-order valence-corrected chi connectivity index (χ2v) is 16.3. The van der Waals surface area contributed by atoms with Crippen LogP contribution in [-0.4, -0.2) is 16.7 Å². The summed E-state index contributed by atoms with van der Waals surface area (Å²) in [6.07, 6.45) is 4.83. The van der Waals surface area contributed by atoms with Gasteiger partial charge in [0.1, 0.15) is 17.2 Å². The molecule has 0 saturated heterocycles. The molecular weight excluding hydrogens is 900 g/mol. The van der Waals surface area contributed by atoms with Crippen molar-refractivity contribution in [3.8, 4) is 67.8 Å². The SMILES string of the molecule is CC(C)(C)Cc1ccnc(-c2[c-]ccc3c2Oc2cccc4c2B3c2ccccc2O4)c1.Cc1c[c-]c(-c2cc(-c3ccccc3)c(C)cn2)cc1-c1ccccc1.[Ir]. The van der Waals surface area contributed by atoms with Gasteiger partial charge < -0.3 is 19.4 Å². The Morgan fingerprint density at radius 3 is 2.00 bits per heavy atom. The van der Waals surface area contributed by atoms with E-state index >= 15 is 0 Å². The van der Waals surface area contributed by atoms with Crippen LogP contribution in [0, 0.1) is 31.4 Å². The summed E-state index contributed by atoms with van der Waals surface area (Å²) in [7, 11) is 0. The monoisotopic (exact) mass is 943 g/mol. The van der Waals surface area contributed by atoms with Crippen LogP contribution in [0.5, 0.6) is 23.0 Å². The third kappa shape index (κ3) is 8.17. The first-order chi connectivity index (χ1) is 28.2. The molecule has 8 aromatic rings. The first-order valence-electron chi connectivity index (χ1n) is 19.9. The number of fused-ring (bicyclic) bond motifs is 4. The van der Waals surface area contributed by atoms with Gasteiger partial charge in [0.2, 0.25) is 6.71 Å². The van der Waals surface area contributed by atoms with Crippen molar-refractivity contribution in [3.63, 3.8) is 0 Å². The Morgan fingerprint density at radius 1 is 0.610 bits per heavy atom. The minimum atomic E-state index is 0. The average molecular weight is 943 g/mol. The largest absolute Gasteiger partial charge is 0.503 e. The zero-order valence-electron chi connectivity index (χ0n) is 33.8. The Hall–Kier alpha value is -6.07. The van der Waals surface area contributed by atoms with E-state index in [1.54, 1.807) is 0 Å². The minimum absolute atomic E-state index is 0. The molecule has 2 aliphatic rings. The fourth-order valence-corrected chi connectivity index (χ4v) is 8.11. The summed E-state index contributed by atoms with van der Waals surface area (Å²) in [5.74, 6) is 3.42. The van der Waals surface area contributed by atoms with Gasteiger partial charge in [-0.15, -0.1) is 53.0 Å². The van der Waals surface area contributed by atoms with Gasteiger partial charge in [0.15, 0.2) is 0 Å². The van der Waals surface area contributed by atoms with E-state index in [9.17, 15) is 0 Å². The van der Waals surface area contributed by atoms with Crippen LogP contribution < -0.4 is 25.9 Å². The van der Waals surface area contributed by atoms with Crippen LogP contribution in [0.15, 0.2) is 158 Å². The molecule has 6 aromatic carbocycles. The Bertz CT molecular complexity index is 2690. The molecule has 6 heteroatoms. The maximum absolute atomic E-state index is 6.51. The number of rotatable bonds is 5. The van der Waals surface area contributed by atoms with E-state index in [2.05, 4.69) is 149 Å². The number of para-hydroxylation sites is 1. The molecule has 4 nitrogen and oxygen atoms in total. The molecular formula is C53H43BIrN2O2-2. The molecule has 0 unspecified atom stereocenters. The number of hydrogen-bond acceptors (Lipinski definition) is 4. The number of benzene rings is 6. The van der Waals surface area contributed by atoms with E-state index in [1.165, 1.54) is 38.9 Å². The molecule has 4 heterocycles.